The van der Waals surface area contributed by atoms with Crippen molar-refractivity contribution in [3.63, 3.8) is 0 Å². The molecule has 3 heteroatoms. The van der Waals surface area contributed by atoms with Crippen LogP contribution in [0.1, 0.15) is 18.5 Å². The molecular weight excluding hydrogens is 234 g/mol. The Bertz CT molecular complexity index is 337. The van der Waals surface area contributed by atoms with E-state index in [4.69, 9.17) is 0 Å². The van der Waals surface area contributed by atoms with Crippen LogP contribution in [0.5, 0.6) is 0 Å². The molecule has 0 unspecified atom stereocenters. The van der Waals surface area contributed by atoms with Gasteiger partial charge in [-0.3, -0.25) is 0 Å². The van der Waals surface area contributed by atoms with Crippen LogP contribution >= 0.6 is 0 Å². The zero-order chi connectivity index (χ0) is 14.3. The molecule has 0 aliphatic heterocycles. The second kappa shape index (κ2) is 8.31. The van der Waals surface area contributed by atoms with E-state index in [9.17, 15) is 0 Å². The molecule has 3 nitrogen and oxygen atoms in total. The number of likely N-dealkylation sites (N-methyl/N-ethyl adjacent to an activating group) is 2. The van der Waals surface area contributed by atoms with Gasteiger partial charge in [-0.05, 0) is 21.1 Å². The lowest BCUT2D eigenvalue weighted by Gasteiger charge is -2.28. The van der Waals surface area contributed by atoms with Crippen molar-refractivity contribution >= 4 is 0 Å². The molecular formula is C16H29N3. The van der Waals surface area contributed by atoms with E-state index in [0.29, 0.717) is 12.0 Å². The average molecular weight is 263 g/mol. The van der Waals surface area contributed by atoms with E-state index in [-0.39, 0.29) is 0 Å². The van der Waals surface area contributed by atoms with Crippen molar-refractivity contribution in [2.45, 2.75) is 13.0 Å². The summed E-state index contributed by atoms with van der Waals surface area (Å²) >= 11 is 0. The third-order valence-electron chi connectivity index (χ3n) is 3.58. The maximum atomic E-state index is 4.01. The minimum Gasteiger partial charge on any atom is -0.472 e. The third-order valence-corrected chi connectivity index (χ3v) is 3.58. The Morgan fingerprint density at radius 1 is 1.11 bits per heavy atom. The number of hydrogen-bond acceptors (Lipinski definition) is 2. The highest BCUT2D eigenvalue weighted by atomic mass is 15.2. The summed E-state index contributed by atoms with van der Waals surface area (Å²) in [4.78, 5) is 4.63. The molecule has 1 rings (SSSR count). The van der Waals surface area contributed by atoms with Gasteiger partial charge < -0.3 is 15.1 Å². The standard InChI is InChI=1S/C16H29N3/c1-14(13-19(5)12-11-18(3)4)16(17-2)15-9-7-6-8-10-15/h6-10,14,16H,2,11-13,17H2,1,3-5H3/t14-,16+/m0/s1. The highest BCUT2D eigenvalue weighted by Gasteiger charge is 2.20. The van der Waals surface area contributed by atoms with Crippen molar-refractivity contribution in [1.29, 1.82) is 0 Å². The van der Waals surface area contributed by atoms with Crippen LogP contribution in [0, 0.1) is 13.0 Å². The summed E-state index contributed by atoms with van der Waals surface area (Å²) in [6.45, 7) is 5.62. The maximum absolute atomic E-state index is 4.01. The zero-order valence-corrected chi connectivity index (χ0v) is 12.8. The molecule has 0 fully saturated rings. The Hall–Kier alpha value is -0.900. The number of rotatable bonds is 8. The van der Waals surface area contributed by atoms with Crippen LogP contribution in [0.15, 0.2) is 30.3 Å². The lowest BCUT2D eigenvalue weighted by atomic mass is 9.94. The van der Waals surface area contributed by atoms with Crippen LogP contribution < -0.4 is 5.32 Å². The van der Waals surface area contributed by atoms with E-state index in [0.717, 1.165) is 19.6 Å². The zero-order valence-electron chi connectivity index (χ0n) is 12.8. The lowest BCUT2D eigenvalue weighted by molar-refractivity contribution is -0.648. The van der Waals surface area contributed by atoms with Crippen LogP contribution in [-0.4, -0.2) is 50.6 Å². The van der Waals surface area contributed by atoms with Gasteiger partial charge in [0.25, 0.3) is 0 Å². The first-order chi connectivity index (χ1) is 9.04. The molecule has 0 saturated carbocycles. The third kappa shape index (κ3) is 5.72. The fraction of sp³-hybridized carbons (Fsp3) is 0.562. The summed E-state index contributed by atoms with van der Waals surface area (Å²) in [5, 5.41) is 2.08. The van der Waals surface area contributed by atoms with Crippen molar-refractivity contribution < 1.29 is 5.32 Å². The van der Waals surface area contributed by atoms with Gasteiger partial charge in [0.1, 0.15) is 0 Å². The van der Waals surface area contributed by atoms with Crippen molar-refractivity contribution in [1.82, 2.24) is 9.80 Å². The van der Waals surface area contributed by atoms with Gasteiger partial charge >= 0.3 is 0 Å². The summed E-state index contributed by atoms with van der Waals surface area (Å²) < 4.78 is 0. The fourth-order valence-corrected chi connectivity index (χ4v) is 2.44. The number of hydrogen-bond donors (Lipinski definition) is 1. The first kappa shape index (κ1) is 16.2. The number of quaternary nitrogens is 1. The molecule has 0 aliphatic rings. The van der Waals surface area contributed by atoms with Gasteiger partial charge in [0, 0.05) is 31.1 Å². The van der Waals surface area contributed by atoms with E-state index >= 15 is 0 Å². The Morgan fingerprint density at radius 2 is 1.74 bits per heavy atom. The summed E-state index contributed by atoms with van der Waals surface area (Å²) in [7, 11) is 10.5. The summed E-state index contributed by atoms with van der Waals surface area (Å²) in [6.07, 6.45) is 0. The molecule has 0 aromatic heterocycles. The predicted molar refractivity (Wildman–Crippen MR) is 81.7 cm³/mol. The van der Waals surface area contributed by atoms with Gasteiger partial charge in [-0.2, -0.15) is 7.05 Å². The highest BCUT2D eigenvalue weighted by Crippen LogP contribution is 2.18. The quantitative estimate of drug-likeness (QED) is 0.713. The molecule has 1 aromatic rings. The van der Waals surface area contributed by atoms with Crippen LogP contribution in [-0.2, 0) is 0 Å². The molecule has 2 atom stereocenters. The summed E-state index contributed by atoms with van der Waals surface area (Å²) in [5.41, 5.74) is 1.37. The first-order valence-corrected chi connectivity index (χ1v) is 7.05. The SMILES string of the molecule is [CH2-][NH2+][C@@H](c1ccccc1)[C@@H](C)CN(C)CCN(C)C. The second-order valence-corrected chi connectivity index (χ2v) is 5.71. The molecule has 1 aromatic carbocycles. The second-order valence-electron chi connectivity index (χ2n) is 5.71. The largest absolute Gasteiger partial charge is 0.472 e. The molecule has 0 saturated heterocycles. The molecule has 0 radical (unpaired) electrons. The average Bonchev–Trinajstić information content (AvgIpc) is 2.38. The normalized spacial score (nSPS) is 14.9. The van der Waals surface area contributed by atoms with Crippen molar-refractivity contribution in [2.24, 2.45) is 5.92 Å². The predicted octanol–water partition coefficient (Wildman–Crippen LogP) is 1.21. The van der Waals surface area contributed by atoms with Gasteiger partial charge in [-0.15, -0.1) is 0 Å². The minimum absolute atomic E-state index is 0.433. The Balaban J connectivity index is 2.52. The van der Waals surface area contributed by atoms with E-state index in [1.807, 2.05) is 0 Å². The van der Waals surface area contributed by atoms with Crippen molar-refractivity contribution in [3.8, 4) is 0 Å². The van der Waals surface area contributed by atoms with E-state index in [2.05, 4.69) is 80.6 Å². The minimum atomic E-state index is 0.433. The van der Waals surface area contributed by atoms with Crippen LogP contribution in [0.4, 0.5) is 0 Å². The fourth-order valence-electron chi connectivity index (χ4n) is 2.44. The topological polar surface area (TPSA) is 23.1 Å². The van der Waals surface area contributed by atoms with E-state index < -0.39 is 0 Å². The molecule has 19 heavy (non-hydrogen) atoms. The van der Waals surface area contributed by atoms with E-state index in [1.54, 1.807) is 0 Å². The molecule has 0 aliphatic carbocycles. The van der Waals surface area contributed by atoms with Gasteiger partial charge in [0.2, 0.25) is 0 Å². The first-order valence-electron chi connectivity index (χ1n) is 7.05. The highest BCUT2D eigenvalue weighted by molar-refractivity contribution is 5.17. The van der Waals surface area contributed by atoms with Gasteiger partial charge in [-0.25, -0.2) is 0 Å². The molecule has 2 N–H and O–H groups in total. The van der Waals surface area contributed by atoms with Gasteiger partial charge in [0.15, 0.2) is 0 Å². The molecule has 0 spiro atoms. The number of nitrogens with zero attached hydrogens (tertiary/aromatic N) is 2. The summed E-state index contributed by atoms with van der Waals surface area (Å²) in [5.74, 6) is 0.576. The molecule has 0 amide bonds. The Morgan fingerprint density at radius 3 is 2.26 bits per heavy atom. The van der Waals surface area contributed by atoms with Crippen LogP contribution in [0.2, 0.25) is 0 Å². The Labute approximate surface area is 118 Å². The monoisotopic (exact) mass is 263 g/mol. The van der Waals surface area contributed by atoms with Gasteiger partial charge in [0.05, 0.1) is 6.04 Å². The van der Waals surface area contributed by atoms with E-state index in [1.165, 1.54) is 5.56 Å². The smallest absolute Gasteiger partial charge is 0.0914 e. The number of nitrogens with two attached hydrogens (primary N) is 1. The summed E-state index contributed by atoms with van der Waals surface area (Å²) in [6, 6.07) is 11.1. The lowest BCUT2D eigenvalue weighted by Crippen LogP contribution is -2.80. The van der Waals surface area contributed by atoms with Crippen LogP contribution in [0.25, 0.3) is 0 Å². The number of benzene rings is 1. The van der Waals surface area contributed by atoms with Crippen molar-refractivity contribution in [3.05, 3.63) is 42.9 Å². The molecule has 0 bridgehead atoms. The van der Waals surface area contributed by atoms with Crippen LogP contribution in [0.3, 0.4) is 0 Å². The Kier molecular flexibility index (Phi) is 7.06. The van der Waals surface area contributed by atoms with Crippen molar-refractivity contribution in [2.75, 3.05) is 40.8 Å². The molecule has 0 heterocycles. The maximum Gasteiger partial charge on any atom is 0.0914 e. The van der Waals surface area contributed by atoms with Gasteiger partial charge in [-0.1, -0.05) is 37.3 Å². The molecule has 108 valence electrons.